The van der Waals surface area contributed by atoms with Crippen LogP contribution in [0.3, 0.4) is 0 Å². The highest BCUT2D eigenvalue weighted by molar-refractivity contribution is 8.00. The Bertz CT molecular complexity index is 303. The predicted octanol–water partition coefficient (Wildman–Crippen LogP) is 1.50. The Labute approximate surface area is 119 Å². The first-order valence-electron chi connectivity index (χ1n) is 6.57. The van der Waals surface area contributed by atoms with Crippen LogP contribution in [-0.2, 0) is 19.1 Å². The van der Waals surface area contributed by atoms with E-state index < -0.39 is 0 Å². The van der Waals surface area contributed by atoms with Gasteiger partial charge in [-0.05, 0) is 20.8 Å². The zero-order valence-corrected chi connectivity index (χ0v) is 12.8. The average Bonchev–Trinajstić information content (AvgIpc) is 2.38. The first kappa shape index (κ1) is 18.0. The molecule has 0 spiro atoms. The van der Waals surface area contributed by atoms with E-state index in [4.69, 9.17) is 4.74 Å². The fraction of sp³-hybridized carbons (Fsp3) is 0.769. The van der Waals surface area contributed by atoms with Crippen LogP contribution in [0, 0.1) is 0 Å². The topological polar surface area (TPSA) is 63.7 Å². The van der Waals surface area contributed by atoms with Gasteiger partial charge in [-0.25, -0.2) is 0 Å². The second kappa shape index (κ2) is 10.8. The SMILES string of the molecule is CCOC(=O)CCC(=O)CSCC(=O)N(CC)CC. The van der Waals surface area contributed by atoms with E-state index in [9.17, 15) is 14.4 Å². The Morgan fingerprint density at radius 3 is 2.16 bits per heavy atom. The summed E-state index contributed by atoms with van der Waals surface area (Å²) >= 11 is 1.30. The van der Waals surface area contributed by atoms with Crippen LogP contribution >= 0.6 is 11.8 Å². The maximum Gasteiger partial charge on any atom is 0.306 e. The number of esters is 1. The summed E-state index contributed by atoms with van der Waals surface area (Å²) in [6, 6.07) is 0. The molecule has 0 fully saturated rings. The molecule has 0 radical (unpaired) electrons. The quantitative estimate of drug-likeness (QED) is 0.570. The van der Waals surface area contributed by atoms with Gasteiger partial charge in [0.15, 0.2) is 0 Å². The molecule has 0 aromatic carbocycles. The van der Waals surface area contributed by atoms with Crippen molar-refractivity contribution in [3.05, 3.63) is 0 Å². The second-order valence-electron chi connectivity index (χ2n) is 3.90. The van der Waals surface area contributed by atoms with Crippen molar-refractivity contribution >= 4 is 29.4 Å². The van der Waals surface area contributed by atoms with Crippen molar-refractivity contribution in [3.8, 4) is 0 Å². The lowest BCUT2D eigenvalue weighted by molar-refractivity contribution is -0.144. The summed E-state index contributed by atoms with van der Waals surface area (Å²) in [5.41, 5.74) is 0. The lowest BCUT2D eigenvalue weighted by Crippen LogP contribution is -2.32. The van der Waals surface area contributed by atoms with Gasteiger partial charge in [0.05, 0.1) is 24.5 Å². The molecule has 0 heterocycles. The molecule has 0 saturated heterocycles. The highest BCUT2D eigenvalue weighted by atomic mass is 32.2. The number of hydrogen-bond acceptors (Lipinski definition) is 5. The molecule has 0 rings (SSSR count). The normalized spacial score (nSPS) is 10.1. The fourth-order valence-corrected chi connectivity index (χ4v) is 2.30. The molecule has 1 amide bonds. The van der Waals surface area contributed by atoms with Gasteiger partial charge in [-0.3, -0.25) is 14.4 Å². The van der Waals surface area contributed by atoms with Crippen LogP contribution in [-0.4, -0.2) is 53.8 Å². The van der Waals surface area contributed by atoms with Gasteiger partial charge >= 0.3 is 5.97 Å². The van der Waals surface area contributed by atoms with E-state index in [1.54, 1.807) is 11.8 Å². The third-order valence-electron chi connectivity index (χ3n) is 2.52. The third kappa shape index (κ3) is 8.64. The molecule has 0 bridgehead atoms. The minimum Gasteiger partial charge on any atom is -0.466 e. The maximum absolute atomic E-state index is 11.7. The fourth-order valence-electron chi connectivity index (χ4n) is 1.47. The van der Waals surface area contributed by atoms with Crippen LogP contribution in [0.5, 0.6) is 0 Å². The van der Waals surface area contributed by atoms with Crippen molar-refractivity contribution in [2.24, 2.45) is 0 Å². The number of rotatable bonds is 10. The predicted molar refractivity (Wildman–Crippen MR) is 76.1 cm³/mol. The van der Waals surface area contributed by atoms with Crippen LogP contribution in [0.2, 0.25) is 0 Å². The Hall–Kier alpha value is -1.04. The summed E-state index contributed by atoms with van der Waals surface area (Å²) in [7, 11) is 0. The molecular formula is C13H23NO4S. The Balaban J connectivity index is 3.74. The minimum atomic E-state index is -0.347. The van der Waals surface area contributed by atoms with Crippen LogP contribution in [0.4, 0.5) is 0 Å². The lowest BCUT2D eigenvalue weighted by Gasteiger charge is -2.17. The van der Waals surface area contributed by atoms with E-state index in [-0.39, 0.29) is 36.3 Å². The van der Waals surface area contributed by atoms with Crippen LogP contribution in [0.25, 0.3) is 0 Å². The molecule has 0 aliphatic rings. The highest BCUT2D eigenvalue weighted by Crippen LogP contribution is 2.06. The van der Waals surface area contributed by atoms with Crippen molar-refractivity contribution in [3.63, 3.8) is 0 Å². The van der Waals surface area contributed by atoms with Crippen molar-refractivity contribution in [1.29, 1.82) is 0 Å². The van der Waals surface area contributed by atoms with Gasteiger partial charge in [0, 0.05) is 19.5 Å². The molecule has 0 aromatic rings. The summed E-state index contributed by atoms with van der Waals surface area (Å²) in [6.45, 7) is 7.29. The standard InChI is InChI=1S/C13H23NO4S/c1-4-14(5-2)12(16)10-19-9-11(15)7-8-13(17)18-6-3/h4-10H2,1-3H3. The molecular weight excluding hydrogens is 266 g/mol. The smallest absolute Gasteiger partial charge is 0.306 e. The van der Waals surface area contributed by atoms with Gasteiger partial charge in [0.25, 0.3) is 0 Å². The number of thioether (sulfide) groups is 1. The summed E-state index contributed by atoms with van der Waals surface area (Å²) in [5.74, 6) is 0.262. The number of carbonyl (C=O) groups is 3. The van der Waals surface area contributed by atoms with Gasteiger partial charge in [-0.2, -0.15) is 0 Å². The van der Waals surface area contributed by atoms with E-state index >= 15 is 0 Å². The van der Waals surface area contributed by atoms with E-state index in [1.165, 1.54) is 11.8 Å². The molecule has 110 valence electrons. The van der Waals surface area contributed by atoms with Crippen LogP contribution in [0.15, 0.2) is 0 Å². The van der Waals surface area contributed by atoms with Gasteiger partial charge in [-0.1, -0.05) is 0 Å². The van der Waals surface area contributed by atoms with E-state index in [0.29, 0.717) is 25.4 Å². The number of nitrogens with zero attached hydrogens (tertiary/aromatic N) is 1. The summed E-state index contributed by atoms with van der Waals surface area (Å²) in [4.78, 5) is 35.9. The molecule has 0 aliphatic heterocycles. The third-order valence-corrected chi connectivity index (χ3v) is 3.50. The van der Waals surface area contributed by atoms with E-state index in [2.05, 4.69) is 0 Å². The van der Waals surface area contributed by atoms with Gasteiger partial charge in [0.1, 0.15) is 5.78 Å². The number of amides is 1. The number of hydrogen-bond donors (Lipinski definition) is 0. The summed E-state index contributed by atoms with van der Waals surface area (Å²) in [5, 5.41) is 0. The Morgan fingerprint density at radius 2 is 1.63 bits per heavy atom. The molecule has 0 aliphatic carbocycles. The van der Waals surface area contributed by atoms with Gasteiger partial charge in [0.2, 0.25) is 5.91 Å². The number of ketones is 1. The minimum absolute atomic E-state index is 0.0228. The first-order chi connectivity index (χ1) is 9.04. The average molecular weight is 289 g/mol. The Morgan fingerprint density at radius 1 is 1.00 bits per heavy atom. The van der Waals surface area contributed by atoms with Crippen molar-refractivity contribution in [1.82, 2.24) is 4.90 Å². The first-order valence-corrected chi connectivity index (χ1v) is 7.73. The molecule has 6 heteroatoms. The van der Waals surface area contributed by atoms with E-state index in [0.717, 1.165) is 0 Å². The number of ether oxygens (including phenoxy) is 1. The molecule has 5 nitrogen and oxygen atoms in total. The maximum atomic E-state index is 11.7. The van der Waals surface area contributed by atoms with Crippen molar-refractivity contribution < 1.29 is 19.1 Å². The molecule has 0 aromatic heterocycles. The number of carbonyl (C=O) groups excluding carboxylic acids is 3. The Kier molecular flexibility index (Phi) is 10.2. The molecule has 0 atom stereocenters. The highest BCUT2D eigenvalue weighted by Gasteiger charge is 2.12. The van der Waals surface area contributed by atoms with Gasteiger partial charge < -0.3 is 9.64 Å². The molecule has 19 heavy (non-hydrogen) atoms. The van der Waals surface area contributed by atoms with Crippen LogP contribution < -0.4 is 0 Å². The lowest BCUT2D eigenvalue weighted by atomic mass is 10.2. The largest absolute Gasteiger partial charge is 0.466 e. The van der Waals surface area contributed by atoms with E-state index in [1.807, 2.05) is 13.8 Å². The van der Waals surface area contributed by atoms with Crippen LogP contribution in [0.1, 0.15) is 33.6 Å². The molecule has 0 saturated carbocycles. The molecule has 0 unspecified atom stereocenters. The zero-order chi connectivity index (χ0) is 14.7. The zero-order valence-electron chi connectivity index (χ0n) is 11.9. The number of Topliss-reactive ketones (excluding diaryl/α,β-unsaturated/α-hetero) is 1. The van der Waals surface area contributed by atoms with Crippen molar-refractivity contribution in [2.75, 3.05) is 31.2 Å². The molecule has 0 N–H and O–H groups in total. The van der Waals surface area contributed by atoms with Crippen molar-refractivity contribution in [2.45, 2.75) is 33.6 Å². The van der Waals surface area contributed by atoms with Gasteiger partial charge in [-0.15, -0.1) is 11.8 Å². The monoisotopic (exact) mass is 289 g/mol. The summed E-state index contributed by atoms with van der Waals surface area (Å²) < 4.78 is 4.74. The second-order valence-corrected chi connectivity index (χ2v) is 4.89. The summed E-state index contributed by atoms with van der Waals surface area (Å²) in [6.07, 6.45) is 0.308.